The monoisotopic (exact) mass is 209 g/mol. The number of imide groups is 1. The molecule has 1 heterocycles. The van der Waals surface area contributed by atoms with Crippen LogP contribution in [0.3, 0.4) is 0 Å². The molecule has 0 unspecified atom stereocenters. The number of likely N-dealkylation sites (N-methyl/N-ethyl adjacent to an activating group) is 1. The molecule has 80 valence electrons. The molecule has 0 fully saturated rings. The van der Waals surface area contributed by atoms with Gasteiger partial charge in [0.1, 0.15) is 0 Å². The lowest BCUT2D eigenvalue weighted by Crippen LogP contribution is -2.26. The molecular weight excluding hydrogens is 198 g/mol. The van der Waals surface area contributed by atoms with Crippen LogP contribution in [0.15, 0.2) is 24.3 Å². The Morgan fingerprint density at radius 3 is 2.73 bits per heavy atom. The fourth-order valence-electron chi connectivity index (χ4n) is 1.12. The van der Waals surface area contributed by atoms with Crippen molar-refractivity contribution >= 4 is 17.8 Å². The maximum atomic E-state index is 11.3. The van der Waals surface area contributed by atoms with E-state index in [1.165, 1.54) is 13.1 Å². The van der Waals surface area contributed by atoms with E-state index in [1.807, 2.05) is 0 Å². The first kappa shape index (κ1) is 11.2. The van der Waals surface area contributed by atoms with E-state index in [-0.39, 0.29) is 24.8 Å². The fourth-order valence-corrected chi connectivity index (χ4v) is 1.12. The van der Waals surface area contributed by atoms with Crippen LogP contribution < -0.4 is 0 Å². The number of rotatable bonds is 4. The molecule has 0 aliphatic carbocycles. The normalized spacial score (nSPS) is 15.3. The molecule has 1 rings (SSSR count). The molecule has 0 aromatic heterocycles. The second-order valence-corrected chi connectivity index (χ2v) is 2.99. The van der Waals surface area contributed by atoms with Gasteiger partial charge in [-0.15, -0.1) is 0 Å². The first-order valence-electron chi connectivity index (χ1n) is 4.38. The lowest BCUT2D eigenvalue weighted by Gasteiger charge is -2.06. The Labute approximate surface area is 87.0 Å². The molecule has 1 aliphatic rings. The van der Waals surface area contributed by atoms with Crippen molar-refractivity contribution in [3.05, 3.63) is 24.3 Å². The summed E-state index contributed by atoms with van der Waals surface area (Å²) < 4.78 is 4.69. The minimum Gasteiger partial charge on any atom is -0.462 e. The maximum absolute atomic E-state index is 11.3. The maximum Gasteiger partial charge on any atom is 0.330 e. The van der Waals surface area contributed by atoms with Crippen molar-refractivity contribution in [2.45, 2.75) is 6.42 Å². The summed E-state index contributed by atoms with van der Waals surface area (Å²) in [5.74, 6) is -1.22. The van der Waals surface area contributed by atoms with Crippen LogP contribution in [0.5, 0.6) is 0 Å². The van der Waals surface area contributed by atoms with E-state index in [0.29, 0.717) is 5.57 Å². The number of carbonyl (C=O) groups is 3. The molecular formula is C10H11NO4. The topological polar surface area (TPSA) is 63.7 Å². The van der Waals surface area contributed by atoms with E-state index in [2.05, 4.69) is 6.58 Å². The van der Waals surface area contributed by atoms with E-state index in [1.54, 1.807) is 0 Å². The molecule has 0 aromatic carbocycles. The van der Waals surface area contributed by atoms with Gasteiger partial charge in [0.2, 0.25) is 0 Å². The van der Waals surface area contributed by atoms with Gasteiger partial charge in [0.15, 0.2) is 0 Å². The highest BCUT2D eigenvalue weighted by Gasteiger charge is 2.26. The van der Waals surface area contributed by atoms with E-state index >= 15 is 0 Å². The van der Waals surface area contributed by atoms with Crippen LogP contribution in [0.4, 0.5) is 0 Å². The molecule has 15 heavy (non-hydrogen) atoms. The first-order chi connectivity index (χ1) is 7.06. The Hall–Kier alpha value is -1.91. The average molecular weight is 209 g/mol. The molecule has 5 nitrogen and oxygen atoms in total. The van der Waals surface area contributed by atoms with Gasteiger partial charge in [-0.25, -0.2) is 4.79 Å². The molecule has 0 N–H and O–H groups in total. The highest BCUT2D eigenvalue weighted by atomic mass is 16.5. The molecule has 2 amide bonds. The zero-order chi connectivity index (χ0) is 11.4. The predicted molar refractivity (Wildman–Crippen MR) is 51.6 cm³/mol. The smallest absolute Gasteiger partial charge is 0.330 e. The van der Waals surface area contributed by atoms with Crippen LogP contribution in [0.2, 0.25) is 0 Å². The van der Waals surface area contributed by atoms with Gasteiger partial charge in [-0.2, -0.15) is 0 Å². The van der Waals surface area contributed by atoms with E-state index in [9.17, 15) is 14.4 Å². The SMILES string of the molecule is C=CC(=O)OCCC1=CC(=O)N(C)C1=O. The summed E-state index contributed by atoms with van der Waals surface area (Å²) in [7, 11) is 1.41. The van der Waals surface area contributed by atoms with E-state index in [4.69, 9.17) is 4.74 Å². The van der Waals surface area contributed by atoms with Crippen LogP contribution in [0, 0.1) is 0 Å². The van der Waals surface area contributed by atoms with Gasteiger partial charge in [0.25, 0.3) is 11.8 Å². The minimum absolute atomic E-state index is 0.0730. The summed E-state index contributed by atoms with van der Waals surface area (Å²) in [5.41, 5.74) is 0.361. The van der Waals surface area contributed by atoms with Crippen LogP contribution in [0.1, 0.15) is 6.42 Å². The van der Waals surface area contributed by atoms with Gasteiger partial charge in [-0.05, 0) is 0 Å². The number of hydrogen-bond acceptors (Lipinski definition) is 4. The summed E-state index contributed by atoms with van der Waals surface area (Å²) in [5, 5.41) is 0. The van der Waals surface area contributed by atoms with Crippen LogP contribution in [0.25, 0.3) is 0 Å². The fraction of sp³-hybridized carbons (Fsp3) is 0.300. The van der Waals surface area contributed by atoms with Crippen LogP contribution >= 0.6 is 0 Å². The third-order valence-corrected chi connectivity index (χ3v) is 1.99. The highest BCUT2D eigenvalue weighted by Crippen LogP contribution is 2.13. The van der Waals surface area contributed by atoms with E-state index in [0.717, 1.165) is 11.0 Å². The average Bonchev–Trinajstić information content (AvgIpc) is 2.46. The van der Waals surface area contributed by atoms with E-state index < -0.39 is 5.97 Å². The molecule has 1 aliphatic heterocycles. The van der Waals surface area contributed by atoms with Gasteiger partial charge in [0.05, 0.1) is 6.61 Å². The minimum atomic E-state index is -0.541. The lowest BCUT2D eigenvalue weighted by atomic mass is 10.2. The summed E-state index contributed by atoms with van der Waals surface area (Å²) in [6.07, 6.45) is 2.54. The van der Waals surface area contributed by atoms with Gasteiger partial charge in [-0.3, -0.25) is 14.5 Å². The predicted octanol–water partition coefficient (Wildman–Crippen LogP) is 0.0307. The summed E-state index contributed by atoms with van der Waals surface area (Å²) in [6.45, 7) is 3.30. The summed E-state index contributed by atoms with van der Waals surface area (Å²) >= 11 is 0. The lowest BCUT2D eigenvalue weighted by molar-refractivity contribution is -0.139. The Bertz CT molecular complexity index is 356. The molecule has 0 saturated heterocycles. The Kier molecular flexibility index (Phi) is 3.38. The first-order valence-corrected chi connectivity index (χ1v) is 4.38. The molecule has 0 spiro atoms. The van der Waals surface area contributed by atoms with Crippen molar-refractivity contribution in [3.8, 4) is 0 Å². The number of hydrogen-bond donors (Lipinski definition) is 0. The number of esters is 1. The Balaban J connectivity index is 2.44. The van der Waals surface area contributed by atoms with Crippen molar-refractivity contribution < 1.29 is 19.1 Å². The van der Waals surface area contributed by atoms with Crippen molar-refractivity contribution in [2.24, 2.45) is 0 Å². The highest BCUT2D eigenvalue weighted by molar-refractivity contribution is 6.15. The van der Waals surface area contributed by atoms with Crippen LogP contribution in [-0.4, -0.2) is 36.3 Å². The molecule has 0 saturated carbocycles. The zero-order valence-corrected chi connectivity index (χ0v) is 8.36. The third-order valence-electron chi connectivity index (χ3n) is 1.99. The van der Waals surface area contributed by atoms with Crippen molar-refractivity contribution in [2.75, 3.05) is 13.7 Å². The van der Waals surface area contributed by atoms with Gasteiger partial charge in [-0.1, -0.05) is 6.58 Å². The second-order valence-electron chi connectivity index (χ2n) is 2.99. The molecule has 0 bridgehead atoms. The van der Waals surface area contributed by atoms with Crippen molar-refractivity contribution in [1.82, 2.24) is 4.90 Å². The van der Waals surface area contributed by atoms with Crippen molar-refractivity contribution in [3.63, 3.8) is 0 Å². The second kappa shape index (κ2) is 4.54. The number of amides is 2. The Morgan fingerprint density at radius 1 is 1.60 bits per heavy atom. The Morgan fingerprint density at radius 2 is 2.27 bits per heavy atom. The number of nitrogens with zero attached hydrogens (tertiary/aromatic N) is 1. The van der Waals surface area contributed by atoms with Crippen LogP contribution in [-0.2, 0) is 19.1 Å². The number of carbonyl (C=O) groups excluding carboxylic acids is 3. The van der Waals surface area contributed by atoms with Gasteiger partial charge < -0.3 is 4.74 Å². The third kappa shape index (κ3) is 2.52. The standard InChI is InChI=1S/C10H11NO4/c1-3-9(13)15-5-4-7-6-8(12)11(2)10(7)14/h3,6H,1,4-5H2,2H3. The van der Waals surface area contributed by atoms with Crippen molar-refractivity contribution in [1.29, 1.82) is 0 Å². The molecule has 0 radical (unpaired) electrons. The molecule has 0 aromatic rings. The molecule has 0 atom stereocenters. The molecule has 5 heteroatoms. The largest absolute Gasteiger partial charge is 0.462 e. The summed E-state index contributed by atoms with van der Waals surface area (Å²) in [6, 6.07) is 0. The van der Waals surface area contributed by atoms with Gasteiger partial charge >= 0.3 is 5.97 Å². The zero-order valence-electron chi connectivity index (χ0n) is 8.36. The summed E-state index contributed by atoms with van der Waals surface area (Å²) in [4.78, 5) is 34.1. The quantitative estimate of drug-likeness (QED) is 0.372. The van der Waals surface area contributed by atoms with Gasteiger partial charge in [0, 0.05) is 31.2 Å². The number of ether oxygens (including phenoxy) is 1.